The Labute approximate surface area is 104 Å². The third kappa shape index (κ3) is 2.60. The van der Waals surface area contributed by atoms with E-state index in [1.165, 1.54) is 36.8 Å². The molecule has 0 amide bonds. The lowest BCUT2D eigenvalue weighted by atomic mass is 9.83. The molecular formula is C15H21Cl. The predicted molar refractivity (Wildman–Crippen MR) is 71.4 cm³/mol. The first-order chi connectivity index (χ1) is 7.68. The smallest absolute Gasteiger partial charge is 0.0404 e. The summed E-state index contributed by atoms with van der Waals surface area (Å²) >= 11 is 6.42. The van der Waals surface area contributed by atoms with Gasteiger partial charge >= 0.3 is 0 Å². The number of halogens is 1. The van der Waals surface area contributed by atoms with Crippen molar-refractivity contribution < 1.29 is 0 Å². The van der Waals surface area contributed by atoms with Crippen molar-refractivity contribution >= 4 is 11.6 Å². The van der Waals surface area contributed by atoms with Crippen LogP contribution in [0.2, 0.25) is 0 Å². The van der Waals surface area contributed by atoms with Gasteiger partial charge in [0, 0.05) is 11.3 Å². The highest BCUT2D eigenvalue weighted by Gasteiger charge is 2.24. The summed E-state index contributed by atoms with van der Waals surface area (Å²) in [5.74, 6) is 1.20. The van der Waals surface area contributed by atoms with Crippen molar-refractivity contribution in [3.05, 3.63) is 35.4 Å². The average molecular weight is 237 g/mol. The van der Waals surface area contributed by atoms with Gasteiger partial charge < -0.3 is 0 Å². The van der Waals surface area contributed by atoms with E-state index in [4.69, 9.17) is 11.6 Å². The molecule has 1 aliphatic rings. The molecule has 0 aliphatic heterocycles. The van der Waals surface area contributed by atoms with Crippen LogP contribution >= 0.6 is 11.6 Å². The van der Waals surface area contributed by atoms with Crippen LogP contribution in [0.3, 0.4) is 0 Å². The van der Waals surface area contributed by atoms with Crippen LogP contribution in [-0.4, -0.2) is 5.38 Å². The maximum absolute atomic E-state index is 6.42. The normalized spacial score (nSPS) is 26.0. The van der Waals surface area contributed by atoms with Gasteiger partial charge in [-0.05, 0) is 29.9 Å². The first-order valence-corrected chi connectivity index (χ1v) is 6.86. The Morgan fingerprint density at radius 3 is 2.25 bits per heavy atom. The Morgan fingerprint density at radius 1 is 1.06 bits per heavy atom. The van der Waals surface area contributed by atoms with Crippen LogP contribution in [0.5, 0.6) is 0 Å². The lowest BCUT2D eigenvalue weighted by molar-refractivity contribution is 0.450. The molecule has 1 aromatic carbocycles. The summed E-state index contributed by atoms with van der Waals surface area (Å²) in [6.07, 6.45) is 5.07. The molecule has 0 aromatic heterocycles. The van der Waals surface area contributed by atoms with Gasteiger partial charge in [-0.15, -0.1) is 11.6 Å². The molecule has 16 heavy (non-hydrogen) atoms. The highest BCUT2D eigenvalue weighted by Crippen LogP contribution is 2.36. The molecule has 0 radical (unpaired) electrons. The van der Waals surface area contributed by atoms with Gasteiger partial charge in [0.05, 0.1) is 0 Å². The molecule has 88 valence electrons. The fourth-order valence-corrected chi connectivity index (χ4v) is 3.01. The van der Waals surface area contributed by atoms with Crippen molar-refractivity contribution in [2.75, 3.05) is 0 Å². The summed E-state index contributed by atoms with van der Waals surface area (Å²) in [6.45, 7) is 4.47. The van der Waals surface area contributed by atoms with Gasteiger partial charge in [0.25, 0.3) is 0 Å². The van der Waals surface area contributed by atoms with Gasteiger partial charge in [0.15, 0.2) is 0 Å². The van der Waals surface area contributed by atoms with Crippen molar-refractivity contribution in [1.29, 1.82) is 0 Å². The maximum Gasteiger partial charge on any atom is 0.0404 e. The van der Waals surface area contributed by atoms with E-state index in [2.05, 4.69) is 38.1 Å². The molecule has 0 saturated heterocycles. The average Bonchev–Trinajstić information content (AvgIpc) is 2.30. The highest BCUT2D eigenvalue weighted by molar-refractivity contribution is 6.21. The Bertz CT molecular complexity index is 326. The number of benzene rings is 1. The highest BCUT2D eigenvalue weighted by atomic mass is 35.5. The Kier molecular flexibility index (Phi) is 3.91. The van der Waals surface area contributed by atoms with Crippen LogP contribution in [0.25, 0.3) is 0 Å². The summed E-state index contributed by atoms with van der Waals surface area (Å²) in [5.41, 5.74) is 2.86. The van der Waals surface area contributed by atoms with Crippen molar-refractivity contribution in [3.63, 3.8) is 0 Å². The van der Waals surface area contributed by atoms with Crippen LogP contribution in [-0.2, 0) is 0 Å². The molecule has 1 aliphatic carbocycles. The van der Waals surface area contributed by atoms with Crippen molar-refractivity contribution in [2.24, 2.45) is 0 Å². The van der Waals surface area contributed by atoms with E-state index in [0.717, 1.165) is 0 Å². The standard InChI is InChI=1S/C15H21Cl/c1-11(2)12-7-9-13(10-8-12)14-5-3-4-6-15(14)16/h7-11,14-15H,3-6H2,1-2H3. The van der Waals surface area contributed by atoms with Crippen LogP contribution in [0.4, 0.5) is 0 Å². The van der Waals surface area contributed by atoms with Crippen LogP contribution in [0, 0.1) is 0 Å². The summed E-state index contributed by atoms with van der Waals surface area (Å²) in [6, 6.07) is 9.08. The molecule has 2 rings (SSSR count). The Morgan fingerprint density at radius 2 is 1.69 bits per heavy atom. The zero-order valence-corrected chi connectivity index (χ0v) is 11.0. The molecular weight excluding hydrogens is 216 g/mol. The molecule has 2 unspecified atom stereocenters. The van der Waals surface area contributed by atoms with Gasteiger partial charge in [-0.2, -0.15) is 0 Å². The molecule has 0 spiro atoms. The third-order valence-corrected chi connectivity index (χ3v) is 4.24. The zero-order valence-electron chi connectivity index (χ0n) is 10.2. The SMILES string of the molecule is CC(C)c1ccc(C2CCCCC2Cl)cc1. The largest absolute Gasteiger partial charge is 0.122 e. The van der Waals surface area contributed by atoms with Gasteiger partial charge in [-0.25, -0.2) is 0 Å². The molecule has 1 aromatic rings. The first kappa shape index (κ1) is 12.0. The first-order valence-electron chi connectivity index (χ1n) is 6.42. The molecule has 0 N–H and O–H groups in total. The van der Waals surface area contributed by atoms with E-state index in [1.807, 2.05) is 0 Å². The second-order valence-electron chi connectivity index (χ2n) is 5.23. The van der Waals surface area contributed by atoms with Gasteiger partial charge in [-0.1, -0.05) is 51.0 Å². The molecule has 2 atom stereocenters. The molecule has 0 heterocycles. The minimum Gasteiger partial charge on any atom is -0.122 e. The van der Waals surface area contributed by atoms with Crippen LogP contribution in [0.1, 0.15) is 62.5 Å². The van der Waals surface area contributed by atoms with Crippen molar-refractivity contribution in [1.82, 2.24) is 0 Å². The number of hydrogen-bond donors (Lipinski definition) is 0. The third-order valence-electron chi connectivity index (χ3n) is 3.71. The fraction of sp³-hybridized carbons (Fsp3) is 0.600. The Balaban J connectivity index is 2.14. The van der Waals surface area contributed by atoms with Crippen molar-refractivity contribution in [2.45, 2.75) is 56.7 Å². The van der Waals surface area contributed by atoms with Gasteiger partial charge in [0.2, 0.25) is 0 Å². The van der Waals surface area contributed by atoms with Crippen molar-refractivity contribution in [3.8, 4) is 0 Å². The number of hydrogen-bond acceptors (Lipinski definition) is 0. The Hall–Kier alpha value is -0.490. The summed E-state index contributed by atoms with van der Waals surface area (Å²) < 4.78 is 0. The topological polar surface area (TPSA) is 0 Å². The predicted octanol–water partition coefficient (Wildman–Crippen LogP) is 5.08. The molecule has 1 heteroatoms. The maximum atomic E-state index is 6.42. The fourth-order valence-electron chi connectivity index (χ4n) is 2.59. The van der Waals surface area contributed by atoms with E-state index in [-0.39, 0.29) is 0 Å². The minimum atomic E-state index is 0.346. The number of rotatable bonds is 2. The zero-order chi connectivity index (χ0) is 11.5. The van der Waals surface area contributed by atoms with Crippen LogP contribution < -0.4 is 0 Å². The summed E-state index contributed by atoms with van der Waals surface area (Å²) in [5, 5.41) is 0.346. The van der Waals surface area contributed by atoms with E-state index in [1.54, 1.807) is 0 Å². The summed E-state index contributed by atoms with van der Waals surface area (Å²) in [7, 11) is 0. The summed E-state index contributed by atoms with van der Waals surface area (Å²) in [4.78, 5) is 0. The lowest BCUT2D eigenvalue weighted by Crippen LogP contribution is -2.17. The lowest BCUT2D eigenvalue weighted by Gasteiger charge is -2.27. The molecule has 1 saturated carbocycles. The molecule has 0 bridgehead atoms. The van der Waals surface area contributed by atoms with E-state index in [9.17, 15) is 0 Å². The van der Waals surface area contributed by atoms with E-state index < -0.39 is 0 Å². The van der Waals surface area contributed by atoms with E-state index in [0.29, 0.717) is 17.2 Å². The molecule has 0 nitrogen and oxygen atoms in total. The minimum absolute atomic E-state index is 0.346. The monoisotopic (exact) mass is 236 g/mol. The number of alkyl halides is 1. The van der Waals surface area contributed by atoms with E-state index >= 15 is 0 Å². The van der Waals surface area contributed by atoms with Gasteiger partial charge in [-0.3, -0.25) is 0 Å². The molecule has 1 fully saturated rings. The second kappa shape index (κ2) is 5.23. The second-order valence-corrected chi connectivity index (χ2v) is 5.79. The quantitative estimate of drug-likeness (QED) is 0.629. The van der Waals surface area contributed by atoms with Crippen LogP contribution in [0.15, 0.2) is 24.3 Å². The van der Waals surface area contributed by atoms with Gasteiger partial charge in [0.1, 0.15) is 0 Å².